The second-order valence-electron chi connectivity index (χ2n) is 4.10. The summed E-state index contributed by atoms with van der Waals surface area (Å²) in [7, 11) is 2.03. The minimum Gasteiger partial charge on any atom is -0.355 e. The van der Waals surface area contributed by atoms with Crippen LogP contribution in [0.3, 0.4) is 0 Å². The molecule has 0 atom stereocenters. The zero-order valence-corrected chi connectivity index (χ0v) is 12.4. The van der Waals surface area contributed by atoms with E-state index in [1.807, 2.05) is 37.4 Å². The number of rotatable bonds is 4. The molecule has 0 N–H and O–H groups in total. The molecule has 0 unspecified atom stereocenters. The molecule has 94 valence electrons. The van der Waals surface area contributed by atoms with Crippen molar-refractivity contribution in [3.63, 3.8) is 0 Å². The largest absolute Gasteiger partial charge is 0.355 e. The van der Waals surface area contributed by atoms with Crippen LogP contribution in [0, 0.1) is 0 Å². The zero-order chi connectivity index (χ0) is 13.0. The number of halogens is 2. The fraction of sp³-hybridized carbons (Fsp3) is 0.214. The number of nitrogens with zero attached hydrogens (tertiary/aromatic N) is 2. The predicted octanol–water partition coefficient (Wildman–Crippen LogP) is 4.22. The van der Waals surface area contributed by atoms with E-state index < -0.39 is 0 Å². The van der Waals surface area contributed by atoms with Crippen LogP contribution < -0.4 is 4.90 Å². The molecule has 0 amide bonds. The van der Waals surface area contributed by atoms with Gasteiger partial charge in [-0.3, -0.25) is 0 Å². The van der Waals surface area contributed by atoms with Gasteiger partial charge in [-0.2, -0.15) is 0 Å². The lowest BCUT2D eigenvalue weighted by Crippen LogP contribution is -2.17. The number of aromatic nitrogens is 1. The van der Waals surface area contributed by atoms with E-state index in [9.17, 15) is 0 Å². The summed E-state index contributed by atoms with van der Waals surface area (Å²) >= 11 is 9.23. The molecule has 0 aliphatic carbocycles. The smallest absolute Gasteiger partial charge is 0.128 e. The van der Waals surface area contributed by atoms with E-state index in [-0.39, 0.29) is 0 Å². The molecule has 0 radical (unpaired) electrons. The number of pyridine rings is 1. The van der Waals surface area contributed by atoms with Crippen LogP contribution in [-0.2, 0) is 12.4 Å². The second kappa shape index (κ2) is 6.21. The fourth-order valence-electron chi connectivity index (χ4n) is 1.70. The minimum absolute atomic E-state index is 0.444. The Morgan fingerprint density at radius 2 is 1.89 bits per heavy atom. The Balaban J connectivity index is 2.11. The lowest BCUT2D eigenvalue weighted by atomic mass is 10.2. The van der Waals surface area contributed by atoms with E-state index >= 15 is 0 Å². The number of hydrogen-bond acceptors (Lipinski definition) is 2. The average molecular weight is 326 g/mol. The highest BCUT2D eigenvalue weighted by Crippen LogP contribution is 2.16. The summed E-state index contributed by atoms with van der Waals surface area (Å²) < 4.78 is 1.09. The van der Waals surface area contributed by atoms with Gasteiger partial charge in [-0.15, -0.1) is 11.6 Å². The van der Waals surface area contributed by atoms with Crippen molar-refractivity contribution in [2.75, 3.05) is 11.9 Å². The van der Waals surface area contributed by atoms with Crippen molar-refractivity contribution >= 4 is 33.3 Å². The van der Waals surface area contributed by atoms with Crippen LogP contribution in [0.15, 0.2) is 46.9 Å². The standard InChI is InChI=1S/C14H14BrClN2/c1-18(10-11-5-7-12(15)8-6-11)14-4-2-3-13(9-16)17-14/h2-8H,9-10H2,1H3. The maximum absolute atomic E-state index is 5.79. The van der Waals surface area contributed by atoms with Crippen LogP contribution >= 0.6 is 27.5 Å². The van der Waals surface area contributed by atoms with Crippen LogP contribution in [0.4, 0.5) is 5.82 Å². The van der Waals surface area contributed by atoms with Crippen LogP contribution in [0.25, 0.3) is 0 Å². The third-order valence-corrected chi connectivity index (χ3v) is 3.46. The van der Waals surface area contributed by atoms with Crippen molar-refractivity contribution in [3.05, 3.63) is 58.2 Å². The molecular weight excluding hydrogens is 312 g/mol. The molecule has 0 saturated heterocycles. The van der Waals surface area contributed by atoms with Gasteiger partial charge < -0.3 is 4.90 Å². The van der Waals surface area contributed by atoms with Crippen LogP contribution in [0.5, 0.6) is 0 Å². The van der Waals surface area contributed by atoms with Crippen molar-refractivity contribution in [3.8, 4) is 0 Å². The lowest BCUT2D eigenvalue weighted by Gasteiger charge is -2.18. The molecule has 0 bridgehead atoms. The monoisotopic (exact) mass is 324 g/mol. The quantitative estimate of drug-likeness (QED) is 0.782. The van der Waals surface area contributed by atoms with Gasteiger partial charge in [0.25, 0.3) is 0 Å². The van der Waals surface area contributed by atoms with Crippen molar-refractivity contribution in [2.45, 2.75) is 12.4 Å². The third kappa shape index (κ3) is 3.47. The molecular formula is C14H14BrClN2. The second-order valence-corrected chi connectivity index (χ2v) is 5.29. The maximum atomic E-state index is 5.79. The molecule has 1 heterocycles. The van der Waals surface area contributed by atoms with Gasteiger partial charge in [0.15, 0.2) is 0 Å². The highest BCUT2D eigenvalue weighted by Gasteiger charge is 2.04. The Hall–Kier alpha value is -1.06. The van der Waals surface area contributed by atoms with Crippen molar-refractivity contribution < 1.29 is 0 Å². The Morgan fingerprint density at radius 3 is 2.56 bits per heavy atom. The summed E-state index contributed by atoms with van der Waals surface area (Å²) in [6.07, 6.45) is 0. The summed E-state index contributed by atoms with van der Waals surface area (Å²) in [4.78, 5) is 6.60. The first kappa shape index (κ1) is 13.4. The Bertz CT molecular complexity index is 513. The van der Waals surface area contributed by atoms with E-state index in [0.29, 0.717) is 5.88 Å². The van der Waals surface area contributed by atoms with E-state index in [2.05, 4.69) is 37.9 Å². The molecule has 18 heavy (non-hydrogen) atoms. The summed E-state index contributed by atoms with van der Waals surface area (Å²) in [5, 5.41) is 0. The predicted molar refractivity (Wildman–Crippen MR) is 80.0 cm³/mol. The van der Waals surface area contributed by atoms with Gasteiger partial charge in [0.2, 0.25) is 0 Å². The third-order valence-electron chi connectivity index (χ3n) is 2.65. The molecule has 0 spiro atoms. The first-order chi connectivity index (χ1) is 8.69. The van der Waals surface area contributed by atoms with Crippen LogP contribution in [-0.4, -0.2) is 12.0 Å². The average Bonchev–Trinajstić information content (AvgIpc) is 2.41. The summed E-state index contributed by atoms with van der Waals surface area (Å²) in [6.45, 7) is 0.825. The molecule has 1 aromatic heterocycles. The van der Waals surface area contributed by atoms with Gasteiger partial charge in [0.1, 0.15) is 5.82 Å². The van der Waals surface area contributed by atoms with E-state index in [0.717, 1.165) is 22.5 Å². The van der Waals surface area contributed by atoms with Gasteiger partial charge in [-0.25, -0.2) is 4.98 Å². The van der Waals surface area contributed by atoms with E-state index in [1.54, 1.807) is 0 Å². The van der Waals surface area contributed by atoms with Crippen LogP contribution in [0.2, 0.25) is 0 Å². The topological polar surface area (TPSA) is 16.1 Å². The molecule has 1 aromatic carbocycles. The Kier molecular flexibility index (Phi) is 4.61. The minimum atomic E-state index is 0.444. The first-order valence-corrected chi connectivity index (χ1v) is 6.99. The van der Waals surface area contributed by atoms with Gasteiger partial charge in [-0.1, -0.05) is 34.1 Å². The van der Waals surface area contributed by atoms with Gasteiger partial charge in [-0.05, 0) is 29.8 Å². The molecule has 0 fully saturated rings. The highest BCUT2D eigenvalue weighted by molar-refractivity contribution is 9.10. The van der Waals surface area contributed by atoms with Gasteiger partial charge in [0, 0.05) is 18.1 Å². The van der Waals surface area contributed by atoms with Crippen molar-refractivity contribution in [2.24, 2.45) is 0 Å². The number of benzene rings is 1. The molecule has 2 nitrogen and oxygen atoms in total. The SMILES string of the molecule is CN(Cc1ccc(Br)cc1)c1cccc(CCl)n1. The molecule has 0 saturated carbocycles. The number of alkyl halides is 1. The highest BCUT2D eigenvalue weighted by atomic mass is 79.9. The molecule has 0 aliphatic heterocycles. The Morgan fingerprint density at radius 1 is 1.17 bits per heavy atom. The maximum Gasteiger partial charge on any atom is 0.128 e. The van der Waals surface area contributed by atoms with Crippen LogP contribution in [0.1, 0.15) is 11.3 Å². The Labute approximate surface area is 121 Å². The fourth-order valence-corrected chi connectivity index (χ4v) is 2.11. The van der Waals surface area contributed by atoms with Crippen molar-refractivity contribution in [1.29, 1.82) is 0 Å². The zero-order valence-electron chi connectivity index (χ0n) is 10.1. The molecule has 2 rings (SSSR count). The van der Waals surface area contributed by atoms with E-state index in [4.69, 9.17) is 11.6 Å². The summed E-state index contributed by atoms with van der Waals surface area (Å²) in [5.41, 5.74) is 2.15. The van der Waals surface area contributed by atoms with Gasteiger partial charge in [0.05, 0.1) is 11.6 Å². The van der Waals surface area contributed by atoms with Gasteiger partial charge >= 0.3 is 0 Å². The first-order valence-electron chi connectivity index (χ1n) is 5.66. The molecule has 4 heteroatoms. The van der Waals surface area contributed by atoms with Crippen molar-refractivity contribution in [1.82, 2.24) is 4.98 Å². The summed E-state index contributed by atoms with van der Waals surface area (Å²) in [5.74, 6) is 1.39. The number of anilines is 1. The lowest BCUT2D eigenvalue weighted by molar-refractivity contribution is 0.891. The molecule has 0 aliphatic rings. The number of hydrogen-bond donors (Lipinski definition) is 0. The summed E-state index contributed by atoms with van der Waals surface area (Å²) in [6, 6.07) is 14.2. The molecule has 2 aromatic rings. The van der Waals surface area contributed by atoms with E-state index in [1.165, 1.54) is 5.56 Å². The normalized spacial score (nSPS) is 10.4.